The van der Waals surface area contributed by atoms with Gasteiger partial charge in [-0.1, -0.05) is 6.07 Å². The van der Waals surface area contributed by atoms with Gasteiger partial charge in [-0.05, 0) is 6.07 Å². The first-order valence-corrected chi connectivity index (χ1v) is 4.84. The summed E-state index contributed by atoms with van der Waals surface area (Å²) in [7, 11) is 1.48. The number of rotatable bonds is 3. The molecular weight excluding hydrogens is 192 g/mol. The van der Waals surface area contributed by atoms with E-state index in [4.69, 9.17) is 9.29 Å². The average molecular weight is 202 g/mol. The number of ether oxygens (including phenoxy) is 1. The molecular formula is C8H10O4S. The molecule has 0 saturated heterocycles. The molecule has 0 aliphatic heterocycles. The van der Waals surface area contributed by atoms with Crippen LogP contribution in [0.1, 0.15) is 5.56 Å². The van der Waals surface area contributed by atoms with E-state index in [0.29, 0.717) is 11.3 Å². The van der Waals surface area contributed by atoms with Gasteiger partial charge in [0.25, 0.3) is 0 Å². The van der Waals surface area contributed by atoms with E-state index in [0.717, 1.165) is 0 Å². The van der Waals surface area contributed by atoms with Crippen LogP contribution in [0, 0.1) is 0 Å². The Balaban J connectivity index is 2.91. The van der Waals surface area contributed by atoms with Gasteiger partial charge in [-0.2, -0.15) is 0 Å². The van der Waals surface area contributed by atoms with Crippen LogP contribution in [0.15, 0.2) is 18.2 Å². The molecule has 1 rings (SSSR count). The predicted octanol–water partition coefficient (Wildman–Crippen LogP) is 1.12. The fraction of sp³-hybridized carbons (Fsp3) is 0.250. The molecule has 0 aliphatic carbocycles. The molecule has 0 saturated carbocycles. The van der Waals surface area contributed by atoms with Crippen molar-refractivity contribution in [2.75, 3.05) is 7.11 Å². The zero-order valence-corrected chi connectivity index (χ0v) is 7.87. The first-order valence-electron chi connectivity index (χ1n) is 3.57. The number of hydrogen-bond donors (Lipinski definition) is 2. The normalized spacial score (nSPS) is 12.5. The summed E-state index contributed by atoms with van der Waals surface area (Å²) in [5.41, 5.74) is 0.432. The van der Waals surface area contributed by atoms with Gasteiger partial charge >= 0.3 is 0 Å². The summed E-state index contributed by atoms with van der Waals surface area (Å²) < 4.78 is 23.9. The third-order valence-corrected chi connectivity index (χ3v) is 2.13. The largest absolute Gasteiger partial charge is 0.507 e. The second kappa shape index (κ2) is 4.25. The summed E-state index contributed by atoms with van der Waals surface area (Å²) in [5, 5.41) is 9.35. The van der Waals surface area contributed by atoms with Crippen molar-refractivity contribution in [1.82, 2.24) is 0 Å². The second-order valence-corrected chi connectivity index (χ2v) is 3.39. The molecule has 1 aromatic rings. The standard InChI is InChI=1S/C8H10O4S/c1-12-7-3-2-6(5-13(10)11)8(9)4-7/h2-4,9H,5H2,1H3,(H,10,11). The second-order valence-electron chi connectivity index (χ2n) is 2.46. The van der Waals surface area contributed by atoms with E-state index in [1.807, 2.05) is 0 Å². The minimum absolute atomic E-state index is 0.0262. The Bertz CT molecular complexity index is 324. The Hall–Kier alpha value is -1.07. The molecule has 0 heterocycles. The van der Waals surface area contributed by atoms with Crippen molar-refractivity contribution >= 4 is 11.1 Å². The summed E-state index contributed by atoms with van der Waals surface area (Å²) in [6.07, 6.45) is 0. The lowest BCUT2D eigenvalue weighted by atomic mass is 10.2. The van der Waals surface area contributed by atoms with E-state index < -0.39 is 11.1 Å². The number of aromatic hydroxyl groups is 1. The van der Waals surface area contributed by atoms with Gasteiger partial charge in [-0.15, -0.1) is 0 Å². The molecule has 5 heteroatoms. The van der Waals surface area contributed by atoms with Crippen LogP contribution >= 0.6 is 0 Å². The van der Waals surface area contributed by atoms with Crippen molar-refractivity contribution < 1.29 is 18.6 Å². The predicted molar refractivity (Wildman–Crippen MR) is 49.1 cm³/mol. The molecule has 0 fully saturated rings. The molecule has 0 amide bonds. The highest BCUT2D eigenvalue weighted by atomic mass is 32.2. The molecule has 4 nitrogen and oxygen atoms in total. The minimum Gasteiger partial charge on any atom is -0.507 e. The third kappa shape index (κ3) is 2.71. The maximum absolute atomic E-state index is 10.4. The van der Waals surface area contributed by atoms with E-state index in [1.54, 1.807) is 12.1 Å². The van der Waals surface area contributed by atoms with Crippen LogP contribution < -0.4 is 4.74 Å². The van der Waals surface area contributed by atoms with E-state index >= 15 is 0 Å². The van der Waals surface area contributed by atoms with Crippen LogP contribution in [0.4, 0.5) is 0 Å². The van der Waals surface area contributed by atoms with Crippen molar-refractivity contribution in [3.05, 3.63) is 23.8 Å². The highest BCUT2D eigenvalue weighted by Gasteiger charge is 2.05. The highest BCUT2D eigenvalue weighted by molar-refractivity contribution is 7.78. The Morgan fingerprint density at radius 3 is 2.69 bits per heavy atom. The quantitative estimate of drug-likeness (QED) is 0.721. The zero-order valence-electron chi connectivity index (χ0n) is 7.06. The van der Waals surface area contributed by atoms with Crippen molar-refractivity contribution in [3.63, 3.8) is 0 Å². The van der Waals surface area contributed by atoms with Gasteiger partial charge in [0.2, 0.25) is 0 Å². The fourth-order valence-electron chi connectivity index (χ4n) is 0.926. The van der Waals surface area contributed by atoms with Crippen LogP contribution in [0.3, 0.4) is 0 Å². The molecule has 1 aromatic carbocycles. The van der Waals surface area contributed by atoms with Crippen molar-refractivity contribution in [2.24, 2.45) is 0 Å². The van der Waals surface area contributed by atoms with Gasteiger partial charge in [0.1, 0.15) is 11.5 Å². The molecule has 0 radical (unpaired) electrons. The number of benzene rings is 1. The van der Waals surface area contributed by atoms with Gasteiger partial charge < -0.3 is 14.4 Å². The van der Waals surface area contributed by atoms with E-state index in [1.165, 1.54) is 13.2 Å². The molecule has 2 N–H and O–H groups in total. The third-order valence-electron chi connectivity index (χ3n) is 1.57. The van der Waals surface area contributed by atoms with E-state index in [9.17, 15) is 9.32 Å². The van der Waals surface area contributed by atoms with Crippen molar-refractivity contribution in [1.29, 1.82) is 0 Å². The summed E-state index contributed by atoms with van der Waals surface area (Å²) in [6, 6.07) is 4.59. The van der Waals surface area contributed by atoms with Crippen molar-refractivity contribution in [3.8, 4) is 11.5 Å². The zero-order chi connectivity index (χ0) is 9.84. The lowest BCUT2D eigenvalue weighted by molar-refractivity contribution is 0.406. The molecule has 0 spiro atoms. The molecule has 0 aromatic heterocycles. The Labute approximate surface area is 78.4 Å². The topological polar surface area (TPSA) is 66.8 Å². The van der Waals surface area contributed by atoms with Crippen LogP contribution in [-0.2, 0) is 16.8 Å². The highest BCUT2D eigenvalue weighted by Crippen LogP contribution is 2.23. The smallest absolute Gasteiger partial charge is 0.157 e. The molecule has 0 aliphatic rings. The lowest BCUT2D eigenvalue weighted by Gasteiger charge is -2.04. The molecule has 1 unspecified atom stereocenters. The van der Waals surface area contributed by atoms with E-state index in [2.05, 4.69) is 0 Å². The first-order chi connectivity index (χ1) is 6.13. The number of phenolic OH excluding ortho intramolecular Hbond substituents is 1. The Morgan fingerprint density at radius 1 is 1.54 bits per heavy atom. The van der Waals surface area contributed by atoms with Crippen LogP contribution in [-0.4, -0.2) is 21.0 Å². The summed E-state index contributed by atoms with van der Waals surface area (Å²) in [6.45, 7) is 0. The maximum Gasteiger partial charge on any atom is 0.157 e. The summed E-state index contributed by atoms with van der Waals surface area (Å²) in [5.74, 6) is 0.419. The summed E-state index contributed by atoms with van der Waals surface area (Å²) >= 11 is -1.94. The van der Waals surface area contributed by atoms with Crippen LogP contribution in [0.5, 0.6) is 11.5 Å². The van der Waals surface area contributed by atoms with E-state index in [-0.39, 0.29) is 11.5 Å². The summed E-state index contributed by atoms with van der Waals surface area (Å²) in [4.78, 5) is 0. The maximum atomic E-state index is 10.4. The Morgan fingerprint density at radius 2 is 2.23 bits per heavy atom. The molecule has 0 bridgehead atoms. The SMILES string of the molecule is COc1ccc(CS(=O)O)c(O)c1. The van der Waals surface area contributed by atoms with Gasteiger partial charge in [-0.3, -0.25) is 0 Å². The van der Waals surface area contributed by atoms with Gasteiger partial charge in [0.05, 0.1) is 12.9 Å². The Kier molecular flexibility index (Phi) is 3.27. The van der Waals surface area contributed by atoms with Crippen LogP contribution in [0.25, 0.3) is 0 Å². The van der Waals surface area contributed by atoms with Gasteiger partial charge in [-0.25, -0.2) is 4.21 Å². The number of phenols is 1. The number of methoxy groups -OCH3 is 1. The minimum atomic E-state index is -1.94. The lowest BCUT2D eigenvalue weighted by Crippen LogP contribution is -1.93. The van der Waals surface area contributed by atoms with Gasteiger partial charge in [0.15, 0.2) is 11.1 Å². The van der Waals surface area contributed by atoms with Gasteiger partial charge in [0, 0.05) is 11.6 Å². The number of hydrogen-bond acceptors (Lipinski definition) is 3. The molecule has 72 valence electrons. The first kappa shape index (κ1) is 10.0. The van der Waals surface area contributed by atoms with Crippen LogP contribution in [0.2, 0.25) is 0 Å². The fourth-order valence-corrected chi connectivity index (χ4v) is 1.44. The molecule has 1 atom stereocenters. The average Bonchev–Trinajstić information content (AvgIpc) is 2.08. The van der Waals surface area contributed by atoms with Crippen molar-refractivity contribution in [2.45, 2.75) is 5.75 Å². The monoisotopic (exact) mass is 202 g/mol. The molecule has 13 heavy (non-hydrogen) atoms.